The minimum atomic E-state index is -0.0965. The van der Waals surface area contributed by atoms with Crippen molar-refractivity contribution in [1.82, 2.24) is 14.9 Å². The van der Waals surface area contributed by atoms with Crippen LogP contribution in [0.4, 0.5) is 5.69 Å². The molecule has 2 aliphatic rings. The molecular formula is C25H30N4O. The van der Waals surface area contributed by atoms with Crippen molar-refractivity contribution in [2.24, 2.45) is 11.3 Å². The van der Waals surface area contributed by atoms with E-state index in [2.05, 4.69) is 58.3 Å². The number of para-hydroxylation sites is 1. The molecule has 30 heavy (non-hydrogen) atoms. The number of piperidine rings is 1. The van der Waals surface area contributed by atoms with E-state index in [4.69, 9.17) is 0 Å². The summed E-state index contributed by atoms with van der Waals surface area (Å²) in [5.41, 5.74) is 4.73. The number of nitrogens with one attached hydrogen (secondary N) is 2. The van der Waals surface area contributed by atoms with Gasteiger partial charge in [0, 0.05) is 52.6 Å². The highest BCUT2D eigenvalue weighted by atomic mass is 16.1. The first-order valence-electron chi connectivity index (χ1n) is 11.2. The van der Waals surface area contributed by atoms with Crippen molar-refractivity contribution in [1.29, 1.82) is 0 Å². The molecule has 1 fully saturated rings. The first-order valence-corrected chi connectivity index (χ1v) is 11.2. The number of anilines is 1. The fourth-order valence-electron chi connectivity index (χ4n) is 6.01. The standard InChI is InChI=1S/C25H30N4O/c1-3-25(17(2)24(30)27-18-9-13-26-14-10-18)12-6-15-29-16-11-20-19-7-4-5-8-21(19)28-22(20)23(25)29/h4-5,7-10,13-14,17,23,28H,3,6,11-12,15-16H2,1-2H3,(H,26,27,30)/t17?,23-,25+/m1/s1. The summed E-state index contributed by atoms with van der Waals surface area (Å²) in [6, 6.07) is 12.6. The fourth-order valence-corrected chi connectivity index (χ4v) is 6.01. The summed E-state index contributed by atoms with van der Waals surface area (Å²) in [7, 11) is 0. The number of carbonyl (C=O) groups is 1. The van der Waals surface area contributed by atoms with E-state index in [0.717, 1.165) is 44.5 Å². The van der Waals surface area contributed by atoms with Gasteiger partial charge in [-0.3, -0.25) is 14.7 Å². The molecule has 5 nitrogen and oxygen atoms in total. The largest absolute Gasteiger partial charge is 0.357 e. The van der Waals surface area contributed by atoms with E-state index in [1.807, 2.05) is 12.1 Å². The van der Waals surface area contributed by atoms with Crippen molar-refractivity contribution in [2.45, 2.75) is 45.6 Å². The molecule has 0 radical (unpaired) electrons. The monoisotopic (exact) mass is 402 g/mol. The van der Waals surface area contributed by atoms with Crippen LogP contribution in [0.2, 0.25) is 0 Å². The van der Waals surface area contributed by atoms with Gasteiger partial charge in [-0.2, -0.15) is 0 Å². The SMILES string of the molecule is CC[C@@]1(C(C)C(=O)Nc2ccncc2)CCCN2CCc3c([nH]c4ccccc34)[C@@H]21. The van der Waals surface area contributed by atoms with Crippen LogP contribution in [-0.4, -0.2) is 33.9 Å². The molecule has 0 aliphatic carbocycles. The van der Waals surface area contributed by atoms with Crippen LogP contribution in [0.3, 0.4) is 0 Å². The summed E-state index contributed by atoms with van der Waals surface area (Å²) in [6.45, 7) is 6.57. The minimum absolute atomic E-state index is 0.0919. The molecule has 2 aliphatic heterocycles. The Kier molecular flexibility index (Phi) is 4.86. The average Bonchev–Trinajstić information content (AvgIpc) is 3.17. The number of carbonyl (C=O) groups excluding carboxylic acids is 1. The molecule has 1 aromatic carbocycles. The Labute approximate surface area is 177 Å². The van der Waals surface area contributed by atoms with E-state index in [9.17, 15) is 4.79 Å². The van der Waals surface area contributed by atoms with Crippen molar-refractivity contribution in [3.63, 3.8) is 0 Å². The Hall–Kier alpha value is -2.66. The van der Waals surface area contributed by atoms with Gasteiger partial charge in [-0.25, -0.2) is 0 Å². The number of hydrogen-bond acceptors (Lipinski definition) is 3. The van der Waals surface area contributed by atoms with Crippen LogP contribution in [0.1, 0.15) is 50.4 Å². The second-order valence-corrected chi connectivity index (χ2v) is 8.89. The van der Waals surface area contributed by atoms with E-state index < -0.39 is 0 Å². The lowest BCUT2D eigenvalue weighted by Gasteiger charge is -2.54. The van der Waals surface area contributed by atoms with E-state index >= 15 is 0 Å². The van der Waals surface area contributed by atoms with E-state index in [1.165, 1.54) is 22.2 Å². The summed E-state index contributed by atoms with van der Waals surface area (Å²) in [5, 5.41) is 4.48. The number of rotatable bonds is 4. The molecule has 1 unspecified atom stereocenters. The fraction of sp³-hybridized carbons (Fsp3) is 0.440. The number of pyridine rings is 1. The maximum absolute atomic E-state index is 13.4. The molecule has 0 saturated carbocycles. The van der Waals surface area contributed by atoms with E-state index in [0.29, 0.717) is 0 Å². The molecule has 1 saturated heterocycles. The number of benzene rings is 1. The summed E-state index contributed by atoms with van der Waals surface area (Å²) in [4.78, 5) is 23.8. The average molecular weight is 403 g/mol. The molecule has 5 heteroatoms. The smallest absolute Gasteiger partial charge is 0.227 e. The molecule has 2 aromatic heterocycles. The van der Waals surface area contributed by atoms with Gasteiger partial charge >= 0.3 is 0 Å². The van der Waals surface area contributed by atoms with Gasteiger partial charge in [0.1, 0.15) is 0 Å². The Morgan fingerprint density at radius 3 is 2.87 bits per heavy atom. The first-order chi connectivity index (χ1) is 14.6. The van der Waals surface area contributed by atoms with Gasteiger partial charge in [-0.15, -0.1) is 0 Å². The van der Waals surface area contributed by atoms with Gasteiger partial charge < -0.3 is 10.3 Å². The van der Waals surface area contributed by atoms with Gasteiger partial charge in [0.25, 0.3) is 0 Å². The van der Waals surface area contributed by atoms with Crippen molar-refractivity contribution in [2.75, 3.05) is 18.4 Å². The predicted octanol–water partition coefficient (Wildman–Crippen LogP) is 4.93. The van der Waals surface area contributed by atoms with Crippen molar-refractivity contribution in [3.8, 4) is 0 Å². The molecule has 0 spiro atoms. The van der Waals surface area contributed by atoms with Crippen molar-refractivity contribution in [3.05, 3.63) is 60.0 Å². The number of hydrogen-bond donors (Lipinski definition) is 2. The van der Waals surface area contributed by atoms with Crippen LogP contribution in [-0.2, 0) is 11.2 Å². The van der Waals surface area contributed by atoms with Crippen LogP contribution in [0.5, 0.6) is 0 Å². The second-order valence-electron chi connectivity index (χ2n) is 8.89. The van der Waals surface area contributed by atoms with Gasteiger partial charge in [0.15, 0.2) is 0 Å². The highest BCUT2D eigenvalue weighted by Crippen LogP contribution is 2.55. The molecule has 3 atom stereocenters. The maximum Gasteiger partial charge on any atom is 0.227 e. The Morgan fingerprint density at radius 1 is 1.27 bits per heavy atom. The lowest BCUT2D eigenvalue weighted by atomic mass is 9.61. The van der Waals surface area contributed by atoms with Crippen LogP contribution in [0.25, 0.3) is 10.9 Å². The molecule has 0 bridgehead atoms. The Balaban J connectivity index is 1.55. The van der Waals surface area contributed by atoms with Crippen molar-refractivity contribution >= 4 is 22.5 Å². The third-order valence-electron chi connectivity index (χ3n) is 7.63. The Bertz CT molecular complexity index is 1060. The van der Waals surface area contributed by atoms with Crippen LogP contribution < -0.4 is 5.32 Å². The molecule has 156 valence electrons. The van der Waals surface area contributed by atoms with E-state index in [-0.39, 0.29) is 23.3 Å². The normalized spacial score (nSPS) is 24.8. The molecule has 1 amide bonds. The zero-order chi connectivity index (χ0) is 20.7. The van der Waals surface area contributed by atoms with Crippen LogP contribution in [0, 0.1) is 11.3 Å². The highest BCUT2D eigenvalue weighted by molar-refractivity contribution is 5.93. The molecule has 3 aromatic rings. The third kappa shape index (κ3) is 2.95. The van der Waals surface area contributed by atoms with E-state index in [1.54, 1.807) is 12.4 Å². The number of H-pyrrole nitrogens is 1. The summed E-state index contributed by atoms with van der Waals surface area (Å²) in [6.07, 6.45) is 7.71. The predicted molar refractivity (Wildman–Crippen MR) is 120 cm³/mol. The summed E-state index contributed by atoms with van der Waals surface area (Å²) < 4.78 is 0. The van der Waals surface area contributed by atoms with Gasteiger partial charge in [0.05, 0.1) is 6.04 Å². The Morgan fingerprint density at radius 2 is 2.07 bits per heavy atom. The topological polar surface area (TPSA) is 61.0 Å². The number of aromatic amines is 1. The molecule has 5 rings (SSSR count). The second kappa shape index (κ2) is 7.55. The lowest BCUT2D eigenvalue weighted by molar-refractivity contribution is -0.129. The number of aromatic nitrogens is 2. The zero-order valence-corrected chi connectivity index (χ0v) is 17.8. The molecule has 4 heterocycles. The van der Waals surface area contributed by atoms with Gasteiger partial charge in [0.2, 0.25) is 5.91 Å². The lowest BCUT2D eigenvalue weighted by Crippen LogP contribution is -2.53. The first kappa shape index (κ1) is 19.3. The number of amides is 1. The summed E-state index contributed by atoms with van der Waals surface area (Å²) in [5.74, 6) is 0.00830. The van der Waals surface area contributed by atoms with Crippen LogP contribution in [0.15, 0.2) is 48.8 Å². The maximum atomic E-state index is 13.4. The van der Waals surface area contributed by atoms with Gasteiger partial charge in [-0.1, -0.05) is 32.0 Å². The molecular weight excluding hydrogens is 372 g/mol. The van der Waals surface area contributed by atoms with Crippen LogP contribution >= 0.6 is 0 Å². The number of nitrogens with zero attached hydrogens (tertiary/aromatic N) is 2. The minimum Gasteiger partial charge on any atom is -0.357 e. The third-order valence-corrected chi connectivity index (χ3v) is 7.63. The van der Waals surface area contributed by atoms with Gasteiger partial charge in [-0.05, 0) is 56.0 Å². The van der Waals surface area contributed by atoms with Crippen molar-refractivity contribution < 1.29 is 4.79 Å². The molecule has 2 N–H and O–H groups in total. The highest BCUT2D eigenvalue weighted by Gasteiger charge is 2.52. The quantitative estimate of drug-likeness (QED) is 0.651. The zero-order valence-electron chi connectivity index (χ0n) is 17.8. The number of fused-ring (bicyclic) bond motifs is 5. The summed E-state index contributed by atoms with van der Waals surface area (Å²) >= 11 is 0.